The first-order valence-electron chi connectivity index (χ1n) is 3.24. The molecule has 1 aromatic rings. The number of nitrogen functional groups attached to an aromatic ring is 1. The van der Waals surface area contributed by atoms with Crippen molar-refractivity contribution >= 4 is 21.6 Å². The third-order valence-corrected chi connectivity index (χ3v) is 2.85. The van der Waals surface area contributed by atoms with E-state index in [1.54, 1.807) is 13.0 Å². The summed E-state index contributed by atoms with van der Waals surface area (Å²) in [6.07, 6.45) is 0. The van der Waals surface area contributed by atoms with Crippen LogP contribution in [0.4, 0.5) is 10.1 Å². The second-order valence-corrected chi connectivity index (χ2v) is 3.33. The highest BCUT2D eigenvalue weighted by molar-refractivity contribution is 9.10. The third kappa shape index (κ3) is 1.38. The topological polar surface area (TPSA) is 26.0 Å². The number of anilines is 1. The molecule has 0 bridgehead atoms. The van der Waals surface area contributed by atoms with Crippen molar-refractivity contribution in [1.29, 1.82) is 0 Å². The Balaban J connectivity index is 3.46. The van der Waals surface area contributed by atoms with Crippen LogP contribution in [0.2, 0.25) is 0 Å². The lowest BCUT2D eigenvalue weighted by Gasteiger charge is -2.05. The Morgan fingerprint density at radius 2 is 2.00 bits per heavy atom. The van der Waals surface area contributed by atoms with Crippen molar-refractivity contribution in [3.8, 4) is 0 Å². The van der Waals surface area contributed by atoms with E-state index in [0.717, 1.165) is 10.0 Å². The lowest BCUT2D eigenvalue weighted by Crippen LogP contribution is -1.96. The highest BCUT2D eigenvalue weighted by atomic mass is 79.9. The molecule has 0 atom stereocenters. The Morgan fingerprint density at radius 1 is 1.45 bits per heavy atom. The van der Waals surface area contributed by atoms with E-state index in [1.165, 1.54) is 0 Å². The van der Waals surface area contributed by atoms with Gasteiger partial charge in [0.15, 0.2) is 0 Å². The van der Waals surface area contributed by atoms with Crippen LogP contribution in [0.1, 0.15) is 11.1 Å². The summed E-state index contributed by atoms with van der Waals surface area (Å²) in [6, 6.07) is 1.62. The van der Waals surface area contributed by atoms with E-state index in [1.807, 2.05) is 6.92 Å². The van der Waals surface area contributed by atoms with Gasteiger partial charge in [-0.3, -0.25) is 0 Å². The molecule has 0 heterocycles. The smallest absolute Gasteiger partial charge is 0.150 e. The van der Waals surface area contributed by atoms with Gasteiger partial charge in [-0.25, -0.2) is 4.39 Å². The number of rotatable bonds is 0. The van der Waals surface area contributed by atoms with Crippen LogP contribution in [0.5, 0.6) is 0 Å². The molecule has 0 spiro atoms. The van der Waals surface area contributed by atoms with Gasteiger partial charge >= 0.3 is 0 Å². The second-order valence-electron chi connectivity index (χ2n) is 2.54. The minimum atomic E-state index is -0.331. The van der Waals surface area contributed by atoms with Gasteiger partial charge in [-0.05, 0) is 25.5 Å². The maximum absolute atomic E-state index is 13.0. The largest absolute Gasteiger partial charge is 0.396 e. The zero-order chi connectivity index (χ0) is 8.59. The normalized spacial score (nSPS) is 10.2. The number of aryl methyl sites for hydroxylation is 1. The van der Waals surface area contributed by atoms with Crippen LogP contribution < -0.4 is 5.73 Å². The van der Waals surface area contributed by atoms with E-state index in [9.17, 15) is 4.39 Å². The average Bonchev–Trinajstić information content (AvgIpc) is 1.97. The Hall–Kier alpha value is -0.570. The van der Waals surface area contributed by atoms with E-state index < -0.39 is 0 Å². The van der Waals surface area contributed by atoms with Gasteiger partial charge in [-0.2, -0.15) is 0 Å². The Morgan fingerprint density at radius 3 is 2.55 bits per heavy atom. The van der Waals surface area contributed by atoms with Gasteiger partial charge in [0.1, 0.15) is 5.82 Å². The molecule has 11 heavy (non-hydrogen) atoms. The van der Waals surface area contributed by atoms with Crippen LogP contribution in [0.3, 0.4) is 0 Å². The highest BCUT2D eigenvalue weighted by Crippen LogP contribution is 2.26. The lowest BCUT2D eigenvalue weighted by molar-refractivity contribution is 0.621. The minimum Gasteiger partial charge on any atom is -0.396 e. The number of hydrogen-bond donors (Lipinski definition) is 1. The Kier molecular flexibility index (Phi) is 2.18. The van der Waals surface area contributed by atoms with Crippen molar-refractivity contribution < 1.29 is 4.39 Å². The van der Waals surface area contributed by atoms with Crippen molar-refractivity contribution in [3.05, 3.63) is 27.5 Å². The number of benzene rings is 1. The summed E-state index contributed by atoms with van der Waals surface area (Å²) in [4.78, 5) is 0. The van der Waals surface area contributed by atoms with E-state index in [2.05, 4.69) is 15.9 Å². The first kappa shape index (κ1) is 8.53. The minimum absolute atomic E-state index is 0.211. The van der Waals surface area contributed by atoms with Gasteiger partial charge in [-0.1, -0.05) is 15.9 Å². The molecule has 1 aromatic carbocycles. The lowest BCUT2D eigenvalue weighted by atomic mass is 10.1. The van der Waals surface area contributed by atoms with E-state index >= 15 is 0 Å². The molecule has 0 aromatic heterocycles. The summed E-state index contributed by atoms with van der Waals surface area (Å²) in [5.74, 6) is -0.331. The van der Waals surface area contributed by atoms with Crippen LogP contribution in [-0.2, 0) is 0 Å². The quantitative estimate of drug-likeness (QED) is 0.665. The van der Waals surface area contributed by atoms with Gasteiger partial charge in [0, 0.05) is 10.0 Å². The van der Waals surface area contributed by atoms with E-state index in [0.29, 0.717) is 5.56 Å². The van der Waals surface area contributed by atoms with Crippen molar-refractivity contribution in [2.75, 3.05) is 5.73 Å². The molecule has 0 aliphatic rings. The summed E-state index contributed by atoms with van der Waals surface area (Å²) >= 11 is 3.27. The Bertz CT molecular complexity index is 270. The predicted molar refractivity (Wildman–Crippen MR) is 48.0 cm³/mol. The van der Waals surface area contributed by atoms with E-state index in [-0.39, 0.29) is 11.5 Å². The van der Waals surface area contributed by atoms with Crippen LogP contribution in [0, 0.1) is 19.7 Å². The maximum atomic E-state index is 13.0. The molecule has 60 valence electrons. The average molecular weight is 218 g/mol. The highest BCUT2D eigenvalue weighted by Gasteiger charge is 2.07. The fourth-order valence-corrected chi connectivity index (χ4v) is 1.26. The molecule has 1 rings (SSSR count). The van der Waals surface area contributed by atoms with Crippen LogP contribution in [-0.4, -0.2) is 0 Å². The molecule has 0 saturated carbocycles. The van der Waals surface area contributed by atoms with Crippen LogP contribution >= 0.6 is 15.9 Å². The molecule has 2 N–H and O–H groups in total. The summed E-state index contributed by atoms with van der Waals surface area (Å²) in [5, 5.41) is 0. The Labute approximate surface area is 73.5 Å². The number of nitrogens with two attached hydrogens (primary N) is 1. The summed E-state index contributed by atoms with van der Waals surface area (Å²) in [5.41, 5.74) is 7.14. The van der Waals surface area contributed by atoms with Gasteiger partial charge < -0.3 is 5.73 Å². The predicted octanol–water partition coefficient (Wildman–Crippen LogP) is 2.79. The van der Waals surface area contributed by atoms with Crippen molar-refractivity contribution in [3.63, 3.8) is 0 Å². The molecule has 0 aliphatic heterocycles. The number of hydrogen-bond acceptors (Lipinski definition) is 1. The maximum Gasteiger partial charge on any atom is 0.150 e. The van der Waals surface area contributed by atoms with Crippen molar-refractivity contribution in [2.45, 2.75) is 13.8 Å². The van der Waals surface area contributed by atoms with Crippen molar-refractivity contribution in [1.82, 2.24) is 0 Å². The molecular weight excluding hydrogens is 209 g/mol. The van der Waals surface area contributed by atoms with Crippen molar-refractivity contribution in [2.24, 2.45) is 0 Å². The summed E-state index contributed by atoms with van der Waals surface area (Å²) in [6.45, 7) is 3.58. The molecule has 0 amide bonds. The fourth-order valence-electron chi connectivity index (χ4n) is 0.969. The molecule has 0 unspecified atom stereocenters. The van der Waals surface area contributed by atoms with Gasteiger partial charge in [0.25, 0.3) is 0 Å². The molecule has 1 nitrogen and oxygen atoms in total. The molecule has 0 radical (unpaired) electrons. The number of halogens is 2. The second kappa shape index (κ2) is 2.81. The van der Waals surface area contributed by atoms with E-state index in [4.69, 9.17) is 5.73 Å². The molecule has 0 saturated heterocycles. The SMILES string of the molecule is Cc1cc(N)c(F)c(C)c1Br. The summed E-state index contributed by atoms with van der Waals surface area (Å²) < 4.78 is 13.8. The van der Waals surface area contributed by atoms with Crippen LogP contribution in [0.15, 0.2) is 10.5 Å². The third-order valence-electron chi connectivity index (χ3n) is 1.63. The zero-order valence-corrected chi connectivity index (χ0v) is 8.00. The monoisotopic (exact) mass is 217 g/mol. The van der Waals surface area contributed by atoms with Crippen LogP contribution in [0.25, 0.3) is 0 Å². The molecule has 0 fully saturated rings. The molecular formula is C8H9BrFN. The standard InChI is InChI=1S/C8H9BrFN/c1-4-3-6(11)8(10)5(2)7(4)9/h3H,11H2,1-2H3. The first-order valence-corrected chi connectivity index (χ1v) is 4.04. The first-order chi connectivity index (χ1) is 5.04. The molecule has 3 heteroatoms. The zero-order valence-electron chi connectivity index (χ0n) is 6.41. The fraction of sp³-hybridized carbons (Fsp3) is 0.250. The van der Waals surface area contributed by atoms with Gasteiger partial charge in [-0.15, -0.1) is 0 Å². The van der Waals surface area contributed by atoms with Gasteiger partial charge in [0.05, 0.1) is 5.69 Å². The summed E-state index contributed by atoms with van der Waals surface area (Å²) in [7, 11) is 0. The molecule has 0 aliphatic carbocycles. The van der Waals surface area contributed by atoms with Gasteiger partial charge in [0.2, 0.25) is 0 Å².